The first-order chi connectivity index (χ1) is 15.3. The molecule has 1 aliphatic heterocycles. The Morgan fingerprint density at radius 3 is 2.28 bits per heavy atom. The van der Waals surface area contributed by atoms with E-state index in [4.69, 9.17) is 0 Å². The predicted molar refractivity (Wildman–Crippen MR) is 127 cm³/mol. The minimum Gasteiger partial charge on any atom is -0.342 e. The lowest BCUT2D eigenvalue weighted by Crippen LogP contribution is -2.38. The van der Waals surface area contributed by atoms with Crippen molar-refractivity contribution in [3.63, 3.8) is 0 Å². The van der Waals surface area contributed by atoms with E-state index in [0.717, 1.165) is 31.5 Å². The average molecular weight is 480 g/mol. The quantitative estimate of drug-likeness (QED) is 0.513. The topological polar surface area (TPSA) is 88.4 Å². The van der Waals surface area contributed by atoms with Gasteiger partial charge in [-0.3, -0.25) is 4.79 Å². The number of hydrogen-bond acceptors (Lipinski definition) is 6. The van der Waals surface area contributed by atoms with Gasteiger partial charge in [0, 0.05) is 38.3 Å². The highest BCUT2D eigenvalue weighted by Gasteiger charge is 2.23. The Kier molecular flexibility index (Phi) is 8.35. The Balaban J connectivity index is 1.72. The number of aromatic nitrogens is 3. The van der Waals surface area contributed by atoms with Gasteiger partial charge in [-0.25, -0.2) is 8.42 Å². The van der Waals surface area contributed by atoms with Crippen LogP contribution in [0, 0.1) is 5.92 Å². The van der Waals surface area contributed by atoms with Crippen molar-refractivity contribution in [2.24, 2.45) is 5.92 Å². The molecule has 1 aromatic heterocycles. The third kappa shape index (κ3) is 5.35. The highest BCUT2D eigenvalue weighted by atomic mass is 32.2. The highest BCUT2D eigenvalue weighted by molar-refractivity contribution is 7.99. The largest absolute Gasteiger partial charge is 0.342 e. The Hall–Kier alpha value is -1.91. The molecule has 0 bridgehead atoms. The number of rotatable bonds is 9. The van der Waals surface area contributed by atoms with Crippen LogP contribution < -0.4 is 0 Å². The summed E-state index contributed by atoms with van der Waals surface area (Å²) < 4.78 is 28.8. The van der Waals surface area contributed by atoms with Gasteiger partial charge >= 0.3 is 0 Å². The van der Waals surface area contributed by atoms with Crippen LogP contribution in [0.2, 0.25) is 0 Å². The molecular formula is C22H33N5O3S2. The van der Waals surface area contributed by atoms with Crippen LogP contribution in [0.15, 0.2) is 34.3 Å². The van der Waals surface area contributed by atoms with Crippen molar-refractivity contribution >= 4 is 27.7 Å². The zero-order valence-electron chi connectivity index (χ0n) is 19.3. The summed E-state index contributed by atoms with van der Waals surface area (Å²) in [6.45, 7) is 11.1. The fourth-order valence-electron chi connectivity index (χ4n) is 3.86. The number of likely N-dealkylation sites (tertiary alicyclic amines) is 1. The second kappa shape index (κ2) is 10.8. The molecule has 3 rings (SSSR count). The van der Waals surface area contributed by atoms with Crippen LogP contribution in [0.25, 0.3) is 11.4 Å². The number of thioether (sulfide) groups is 1. The van der Waals surface area contributed by atoms with Crippen LogP contribution in [-0.4, -0.2) is 70.2 Å². The van der Waals surface area contributed by atoms with E-state index in [2.05, 4.69) is 17.1 Å². The standard InChI is InChI=1S/C22H33N5O3S2/c1-5-26(6-2)32(29,30)19-10-8-18(9-11-19)21-23-24-22(27(21)7-3)31-16-20(28)25-14-12-17(4)13-15-25/h8-11,17H,5-7,12-16H2,1-4H3. The van der Waals surface area contributed by atoms with Crippen LogP contribution in [0.4, 0.5) is 0 Å². The summed E-state index contributed by atoms with van der Waals surface area (Å²) in [6.07, 6.45) is 2.12. The summed E-state index contributed by atoms with van der Waals surface area (Å²) in [5, 5.41) is 9.32. The summed E-state index contributed by atoms with van der Waals surface area (Å²) >= 11 is 1.40. The summed E-state index contributed by atoms with van der Waals surface area (Å²) in [5.41, 5.74) is 0.793. The molecule has 1 amide bonds. The number of benzene rings is 1. The Labute approximate surface area is 195 Å². The number of amides is 1. The first-order valence-electron chi connectivity index (χ1n) is 11.3. The van der Waals surface area contributed by atoms with Crippen molar-refractivity contribution in [3.05, 3.63) is 24.3 Å². The van der Waals surface area contributed by atoms with Crippen molar-refractivity contribution in [2.45, 2.75) is 57.1 Å². The summed E-state index contributed by atoms with van der Waals surface area (Å²) in [7, 11) is -3.50. The molecule has 1 aromatic carbocycles. The monoisotopic (exact) mass is 479 g/mol. The van der Waals surface area contributed by atoms with Gasteiger partial charge in [-0.2, -0.15) is 4.31 Å². The second-order valence-corrected chi connectivity index (χ2v) is 10.9. The first-order valence-corrected chi connectivity index (χ1v) is 13.7. The van der Waals surface area contributed by atoms with Crippen molar-refractivity contribution in [2.75, 3.05) is 31.9 Å². The smallest absolute Gasteiger partial charge is 0.243 e. The van der Waals surface area contributed by atoms with Crippen molar-refractivity contribution < 1.29 is 13.2 Å². The number of carbonyl (C=O) groups is 1. The Morgan fingerprint density at radius 1 is 1.09 bits per heavy atom. The number of hydrogen-bond donors (Lipinski definition) is 0. The molecule has 2 heterocycles. The molecule has 1 saturated heterocycles. The molecule has 0 N–H and O–H groups in total. The normalized spacial score (nSPS) is 15.5. The van der Waals surface area contributed by atoms with E-state index in [1.54, 1.807) is 24.3 Å². The summed E-state index contributed by atoms with van der Waals surface area (Å²) in [4.78, 5) is 14.8. The van der Waals surface area contributed by atoms with E-state index in [0.29, 0.717) is 42.3 Å². The van der Waals surface area contributed by atoms with E-state index >= 15 is 0 Å². The van der Waals surface area contributed by atoms with Gasteiger partial charge in [-0.1, -0.05) is 32.5 Å². The van der Waals surface area contributed by atoms with Crippen molar-refractivity contribution in [1.29, 1.82) is 0 Å². The van der Waals surface area contributed by atoms with Crippen molar-refractivity contribution in [3.8, 4) is 11.4 Å². The fourth-order valence-corrected chi connectivity index (χ4v) is 6.22. The highest BCUT2D eigenvalue weighted by Crippen LogP contribution is 2.26. The van der Waals surface area contributed by atoms with E-state index in [-0.39, 0.29) is 10.8 Å². The molecule has 0 unspecified atom stereocenters. The molecule has 0 radical (unpaired) electrons. The minimum absolute atomic E-state index is 0.139. The Bertz CT molecular complexity index is 1010. The maximum absolute atomic E-state index is 12.7. The van der Waals surface area contributed by atoms with Crippen LogP contribution >= 0.6 is 11.8 Å². The zero-order valence-corrected chi connectivity index (χ0v) is 21.0. The molecule has 8 nitrogen and oxygen atoms in total. The van der Waals surface area contributed by atoms with Gasteiger partial charge in [0.15, 0.2) is 11.0 Å². The molecular weight excluding hydrogens is 446 g/mol. The van der Waals surface area contributed by atoms with E-state index in [1.165, 1.54) is 16.1 Å². The molecule has 1 fully saturated rings. The van der Waals surface area contributed by atoms with Crippen LogP contribution in [0.5, 0.6) is 0 Å². The van der Waals surface area contributed by atoms with E-state index in [9.17, 15) is 13.2 Å². The van der Waals surface area contributed by atoms with E-state index in [1.807, 2.05) is 30.2 Å². The van der Waals surface area contributed by atoms with Gasteiger partial charge in [-0.05, 0) is 49.9 Å². The SMILES string of the molecule is CCN(CC)S(=O)(=O)c1ccc(-c2nnc(SCC(=O)N3CCC(C)CC3)n2CC)cc1. The lowest BCUT2D eigenvalue weighted by molar-refractivity contribution is -0.129. The molecule has 10 heteroatoms. The van der Waals surface area contributed by atoms with Gasteiger partial charge in [0.1, 0.15) is 0 Å². The van der Waals surface area contributed by atoms with Gasteiger partial charge in [-0.15, -0.1) is 10.2 Å². The lowest BCUT2D eigenvalue weighted by atomic mass is 9.99. The average Bonchev–Trinajstić information content (AvgIpc) is 3.21. The van der Waals surface area contributed by atoms with Gasteiger partial charge < -0.3 is 9.47 Å². The minimum atomic E-state index is -3.50. The van der Waals surface area contributed by atoms with Gasteiger partial charge in [0.25, 0.3) is 0 Å². The third-order valence-electron chi connectivity index (χ3n) is 5.95. The molecule has 0 spiro atoms. The van der Waals surface area contributed by atoms with Crippen LogP contribution in [-0.2, 0) is 21.4 Å². The maximum atomic E-state index is 12.7. The molecule has 2 aromatic rings. The summed E-state index contributed by atoms with van der Waals surface area (Å²) in [5.74, 6) is 1.83. The third-order valence-corrected chi connectivity index (χ3v) is 8.97. The molecule has 176 valence electrons. The number of carbonyl (C=O) groups excluding carboxylic acids is 1. The fraction of sp³-hybridized carbons (Fsp3) is 0.591. The molecule has 0 atom stereocenters. The van der Waals surface area contributed by atoms with Crippen LogP contribution in [0.3, 0.4) is 0 Å². The number of nitrogens with zero attached hydrogens (tertiary/aromatic N) is 5. The van der Waals surface area contributed by atoms with Crippen LogP contribution in [0.1, 0.15) is 40.5 Å². The maximum Gasteiger partial charge on any atom is 0.243 e. The number of sulfonamides is 1. The lowest BCUT2D eigenvalue weighted by Gasteiger charge is -2.30. The second-order valence-electron chi connectivity index (χ2n) is 8.02. The summed E-state index contributed by atoms with van der Waals surface area (Å²) in [6, 6.07) is 6.76. The molecule has 32 heavy (non-hydrogen) atoms. The van der Waals surface area contributed by atoms with Gasteiger partial charge in [0.05, 0.1) is 10.6 Å². The molecule has 0 aliphatic carbocycles. The molecule has 1 aliphatic rings. The van der Waals surface area contributed by atoms with Crippen molar-refractivity contribution in [1.82, 2.24) is 24.0 Å². The first kappa shape index (κ1) is 24.7. The number of piperidine rings is 1. The Morgan fingerprint density at radius 2 is 1.72 bits per heavy atom. The molecule has 0 saturated carbocycles. The van der Waals surface area contributed by atoms with Gasteiger partial charge in [0.2, 0.25) is 15.9 Å². The zero-order chi connectivity index (χ0) is 23.3. The predicted octanol–water partition coefficient (Wildman–Crippen LogP) is 3.35. The van der Waals surface area contributed by atoms with E-state index < -0.39 is 10.0 Å².